The first-order valence-corrected chi connectivity index (χ1v) is 8.85. The van der Waals surface area contributed by atoms with Crippen LogP contribution in [0.15, 0.2) is 18.2 Å². The van der Waals surface area contributed by atoms with Gasteiger partial charge in [-0.2, -0.15) is 0 Å². The van der Waals surface area contributed by atoms with Crippen LogP contribution in [0.1, 0.15) is 18.9 Å². The van der Waals surface area contributed by atoms with Crippen molar-refractivity contribution < 1.29 is 14.3 Å². The average molecular weight is 347 g/mol. The smallest absolute Gasteiger partial charge is 0.240 e. The molecule has 1 amide bonds. The van der Waals surface area contributed by atoms with Gasteiger partial charge in [-0.1, -0.05) is 0 Å². The summed E-state index contributed by atoms with van der Waals surface area (Å²) in [7, 11) is 7.50. The highest BCUT2D eigenvalue weighted by Crippen LogP contribution is 2.30. The fraction of sp³-hybridized carbons (Fsp3) is 0.632. The lowest BCUT2D eigenvalue weighted by Crippen LogP contribution is -2.58. The van der Waals surface area contributed by atoms with Crippen molar-refractivity contribution in [1.82, 2.24) is 14.7 Å². The van der Waals surface area contributed by atoms with Gasteiger partial charge in [0.15, 0.2) is 0 Å². The number of likely N-dealkylation sites (N-methyl/N-ethyl adjacent to an activating group) is 1. The molecule has 0 spiro atoms. The Kier molecular flexibility index (Phi) is 5.20. The van der Waals surface area contributed by atoms with Gasteiger partial charge in [0.2, 0.25) is 5.91 Å². The van der Waals surface area contributed by atoms with Crippen LogP contribution in [-0.4, -0.2) is 80.1 Å². The molecule has 3 atom stereocenters. The van der Waals surface area contributed by atoms with Crippen LogP contribution in [0.25, 0.3) is 0 Å². The van der Waals surface area contributed by atoms with Gasteiger partial charge in [0.05, 0.1) is 20.3 Å². The Labute approximate surface area is 150 Å². The first-order valence-electron chi connectivity index (χ1n) is 8.85. The third-order valence-corrected chi connectivity index (χ3v) is 5.55. The van der Waals surface area contributed by atoms with Gasteiger partial charge in [0, 0.05) is 37.8 Å². The molecule has 2 saturated heterocycles. The van der Waals surface area contributed by atoms with Crippen molar-refractivity contribution in [2.75, 3.05) is 41.4 Å². The topological polar surface area (TPSA) is 45.2 Å². The Morgan fingerprint density at radius 1 is 1.12 bits per heavy atom. The molecule has 0 aliphatic carbocycles. The second kappa shape index (κ2) is 7.22. The van der Waals surface area contributed by atoms with E-state index in [0.29, 0.717) is 12.1 Å². The van der Waals surface area contributed by atoms with Crippen molar-refractivity contribution in [3.63, 3.8) is 0 Å². The van der Waals surface area contributed by atoms with Crippen LogP contribution < -0.4 is 9.47 Å². The molecule has 0 radical (unpaired) electrons. The lowest BCUT2D eigenvalue weighted by Gasteiger charge is -2.41. The van der Waals surface area contributed by atoms with Gasteiger partial charge in [0.1, 0.15) is 11.5 Å². The van der Waals surface area contributed by atoms with Crippen LogP contribution in [0.4, 0.5) is 0 Å². The Hall–Kier alpha value is -1.79. The summed E-state index contributed by atoms with van der Waals surface area (Å²) in [6.07, 6.45) is 1.05. The van der Waals surface area contributed by atoms with Crippen LogP contribution in [0.5, 0.6) is 11.5 Å². The van der Waals surface area contributed by atoms with Crippen LogP contribution in [0.2, 0.25) is 0 Å². The van der Waals surface area contributed by atoms with Crippen molar-refractivity contribution in [3.05, 3.63) is 23.8 Å². The molecule has 0 N–H and O–H groups in total. The summed E-state index contributed by atoms with van der Waals surface area (Å²) in [6, 6.07) is 6.57. The summed E-state index contributed by atoms with van der Waals surface area (Å²) < 4.78 is 10.7. The maximum absolute atomic E-state index is 12.8. The van der Waals surface area contributed by atoms with Crippen molar-refractivity contribution in [2.24, 2.45) is 0 Å². The number of nitrogens with zero attached hydrogens (tertiary/aromatic N) is 3. The highest BCUT2D eigenvalue weighted by Gasteiger charge is 2.44. The number of fused-ring (bicyclic) bond motifs is 1. The van der Waals surface area contributed by atoms with Crippen LogP contribution in [-0.2, 0) is 11.3 Å². The zero-order chi connectivity index (χ0) is 18.1. The quantitative estimate of drug-likeness (QED) is 0.806. The van der Waals surface area contributed by atoms with Gasteiger partial charge in [-0.05, 0) is 45.1 Å². The minimum atomic E-state index is -0.102. The minimum Gasteiger partial charge on any atom is -0.497 e. The SMILES string of the molecule is COc1cc(CN2CC3CC(N(C)C)CN3C(=O)C2C)cc(OC)c1. The first kappa shape index (κ1) is 18.0. The van der Waals surface area contributed by atoms with Crippen molar-refractivity contribution in [2.45, 2.75) is 38.0 Å². The van der Waals surface area contributed by atoms with E-state index in [1.54, 1.807) is 14.2 Å². The van der Waals surface area contributed by atoms with Gasteiger partial charge in [-0.3, -0.25) is 9.69 Å². The fourth-order valence-electron chi connectivity index (χ4n) is 3.93. The molecular weight excluding hydrogens is 318 g/mol. The summed E-state index contributed by atoms with van der Waals surface area (Å²) in [6.45, 7) is 4.49. The van der Waals surface area contributed by atoms with Crippen LogP contribution >= 0.6 is 0 Å². The normalized spacial score (nSPS) is 26.9. The Balaban J connectivity index is 1.76. The molecule has 1 aromatic rings. The minimum absolute atomic E-state index is 0.102. The average Bonchev–Trinajstić information content (AvgIpc) is 3.03. The lowest BCUT2D eigenvalue weighted by molar-refractivity contribution is -0.143. The number of benzene rings is 1. The summed E-state index contributed by atoms with van der Waals surface area (Å²) in [5.41, 5.74) is 1.10. The number of hydrogen-bond donors (Lipinski definition) is 0. The molecule has 3 unspecified atom stereocenters. The number of carbonyl (C=O) groups excluding carboxylic acids is 1. The van der Waals surface area contributed by atoms with E-state index in [9.17, 15) is 4.79 Å². The van der Waals surface area contributed by atoms with Crippen LogP contribution in [0.3, 0.4) is 0 Å². The van der Waals surface area contributed by atoms with Gasteiger partial charge < -0.3 is 19.3 Å². The standard InChI is InChI=1S/C19H29N3O3/c1-13-19(23)22-12-15(20(2)3)8-16(22)11-21(13)10-14-6-17(24-4)9-18(7-14)25-5/h6-7,9,13,15-16H,8,10-12H2,1-5H3. The number of rotatable bonds is 5. The monoisotopic (exact) mass is 347 g/mol. The van der Waals surface area contributed by atoms with E-state index < -0.39 is 0 Å². The second-order valence-electron chi connectivity index (χ2n) is 7.32. The molecule has 138 valence electrons. The third-order valence-electron chi connectivity index (χ3n) is 5.55. The number of methoxy groups -OCH3 is 2. The zero-order valence-corrected chi connectivity index (χ0v) is 15.9. The van der Waals surface area contributed by atoms with E-state index in [1.807, 2.05) is 25.1 Å². The predicted octanol–water partition coefficient (Wildman–Crippen LogP) is 1.44. The fourth-order valence-corrected chi connectivity index (χ4v) is 3.93. The van der Waals surface area contributed by atoms with Gasteiger partial charge in [0.25, 0.3) is 0 Å². The van der Waals surface area contributed by atoms with E-state index in [-0.39, 0.29) is 11.9 Å². The highest BCUT2D eigenvalue weighted by atomic mass is 16.5. The second-order valence-corrected chi connectivity index (χ2v) is 7.32. The molecule has 2 aliphatic rings. The molecule has 2 aliphatic heterocycles. The number of ether oxygens (including phenoxy) is 2. The first-order chi connectivity index (χ1) is 11.9. The molecule has 6 heteroatoms. The maximum atomic E-state index is 12.8. The molecule has 2 heterocycles. The van der Waals surface area contributed by atoms with Gasteiger partial charge in [-0.15, -0.1) is 0 Å². The molecular formula is C19H29N3O3. The van der Waals surface area contributed by atoms with E-state index in [1.165, 1.54) is 0 Å². The Morgan fingerprint density at radius 3 is 2.32 bits per heavy atom. The largest absolute Gasteiger partial charge is 0.497 e. The molecule has 2 fully saturated rings. The summed E-state index contributed by atoms with van der Waals surface area (Å²) in [5, 5.41) is 0. The summed E-state index contributed by atoms with van der Waals surface area (Å²) >= 11 is 0. The lowest BCUT2D eigenvalue weighted by atomic mass is 10.0. The van der Waals surface area contributed by atoms with Gasteiger partial charge >= 0.3 is 0 Å². The van der Waals surface area contributed by atoms with Gasteiger partial charge in [-0.25, -0.2) is 0 Å². The molecule has 25 heavy (non-hydrogen) atoms. The molecule has 0 aromatic heterocycles. The van der Waals surface area contributed by atoms with Crippen molar-refractivity contribution in [3.8, 4) is 11.5 Å². The van der Waals surface area contributed by atoms with Crippen molar-refractivity contribution >= 4 is 5.91 Å². The van der Waals surface area contributed by atoms with Crippen LogP contribution in [0, 0.1) is 0 Å². The third kappa shape index (κ3) is 3.60. The number of hydrogen-bond acceptors (Lipinski definition) is 5. The number of piperazine rings is 1. The van der Waals surface area contributed by atoms with E-state index in [4.69, 9.17) is 9.47 Å². The molecule has 0 bridgehead atoms. The Bertz CT molecular complexity index is 612. The zero-order valence-electron chi connectivity index (χ0n) is 15.9. The number of amides is 1. The van der Waals surface area contributed by atoms with Crippen molar-refractivity contribution in [1.29, 1.82) is 0 Å². The van der Waals surface area contributed by atoms with E-state index in [0.717, 1.165) is 43.1 Å². The highest BCUT2D eigenvalue weighted by molar-refractivity contribution is 5.83. The number of carbonyl (C=O) groups is 1. The molecule has 6 nitrogen and oxygen atoms in total. The molecule has 1 aromatic carbocycles. The molecule has 3 rings (SSSR count). The molecule has 0 saturated carbocycles. The maximum Gasteiger partial charge on any atom is 0.240 e. The Morgan fingerprint density at radius 2 is 1.76 bits per heavy atom. The van der Waals surface area contributed by atoms with E-state index >= 15 is 0 Å². The summed E-state index contributed by atoms with van der Waals surface area (Å²) in [4.78, 5) is 19.4. The summed E-state index contributed by atoms with van der Waals surface area (Å²) in [5.74, 6) is 1.80. The van der Waals surface area contributed by atoms with E-state index in [2.05, 4.69) is 28.8 Å². The predicted molar refractivity (Wildman–Crippen MR) is 97.0 cm³/mol.